The molecule has 0 saturated carbocycles. The summed E-state index contributed by atoms with van der Waals surface area (Å²) in [5, 5.41) is 18.1. The number of nitrogens with zero attached hydrogens (tertiary/aromatic N) is 1. The second kappa shape index (κ2) is 5.28. The maximum atomic E-state index is 12.5. The van der Waals surface area contributed by atoms with Crippen molar-refractivity contribution in [2.45, 2.75) is 38.8 Å². The number of carbonyl (C=O) groups is 1. The van der Waals surface area contributed by atoms with E-state index in [1.165, 1.54) is 13.2 Å². The molecule has 6 nitrogen and oxygen atoms in total. The Morgan fingerprint density at radius 1 is 1.45 bits per heavy atom. The van der Waals surface area contributed by atoms with Crippen LogP contribution in [0, 0.1) is 5.41 Å². The van der Waals surface area contributed by atoms with Crippen molar-refractivity contribution in [2.24, 2.45) is 0 Å². The number of hydrogen-bond donors (Lipinski definition) is 2. The highest BCUT2D eigenvalue weighted by atomic mass is 16.6. The Kier molecular flexibility index (Phi) is 3.91. The number of hydrogen-bond acceptors (Lipinski definition) is 5. The third-order valence-corrected chi connectivity index (χ3v) is 3.61. The average molecular weight is 306 g/mol. The first-order valence-electron chi connectivity index (χ1n) is 7.03. The van der Waals surface area contributed by atoms with Crippen LogP contribution in [0.4, 0.5) is 0 Å². The fourth-order valence-electron chi connectivity index (χ4n) is 2.60. The molecule has 120 valence electrons. The SMILES string of the molecule is COCN1C(=N)C(C(=O)OC(C)(C)C)=C2C=C(O)C=C[C@]21C. The average Bonchev–Trinajstić information content (AvgIpc) is 2.58. The number of aliphatic hydroxyl groups excluding tert-OH is 1. The van der Waals surface area contributed by atoms with Crippen LogP contribution in [0.3, 0.4) is 0 Å². The molecule has 1 atom stereocenters. The summed E-state index contributed by atoms with van der Waals surface area (Å²) >= 11 is 0. The van der Waals surface area contributed by atoms with Crippen molar-refractivity contribution in [3.05, 3.63) is 35.1 Å². The summed E-state index contributed by atoms with van der Waals surface area (Å²) in [7, 11) is 1.53. The van der Waals surface area contributed by atoms with E-state index in [1.54, 1.807) is 37.8 Å². The van der Waals surface area contributed by atoms with Gasteiger partial charge in [-0.2, -0.15) is 0 Å². The first-order chi connectivity index (χ1) is 10.1. The molecule has 0 spiro atoms. The van der Waals surface area contributed by atoms with E-state index < -0.39 is 17.1 Å². The third kappa shape index (κ3) is 2.66. The van der Waals surface area contributed by atoms with E-state index in [-0.39, 0.29) is 23.9 Å². The Labute approximate surface area is 130 Å². The van der Waals surface area contributed by atoms with Crippen molar-refractivity contribution in [2.75, 3.05) is 13.8 Å². The highest BCUT2D eigenvalue weighted by molar-refractivity contribution is 6.21. The maximum Gasteiger partial charge on any atom is 0.342 e. The molecule has 22 heavy (non-hydrogen) atoms. The minimum Gasteiger partial charge on any atom is -0.508 e. The Bertz CT molecular complexity index is 610. The number of allylic oxidation sites excluding steroid dienone is 1. The molecule has 2 rings (SSSR count). The highest BCUT2D eigenvalue weighted by Crippen LogP contribution is 2.41. The second-order valence-electron chi connectivity index (χ2n) is 6.54. The molecular weight excluding hydrogens is 284 g/mol. The topological polar surface area (TPSA) is 82.9 Å². The summed E-state index contributed by atoms with van der Waals surface area (Å²) in [6.45, 7) is 7.34. The van der Waals surface area contributed by atoms with Crippen LogP contribution in [0.15, 0.2) is 35.1 Å². The van der Waals surface area contributed by atoms with E-state index in [1.807, 2.05) is 6.92 Å². The number of ether oxygens (including phenoxy) is 2. The maximum absolute atomic E-state index is 12.5. The van der Waals surface area contributed by atoms with Crippen LogP contribution < -0.4 is 0 Å². The number of rotatable bonds is 3. The van der Waals surface area contributed by atoms with Crippen LogP contribution >= 0.6 is 0 Å². The molecular formula is C16H22N2O4. The van der Waals surface area contributed by atoms with E-state index in [0.29, 0.717) is 5.57 Å². The minimum absolute atomic E-state index is 0.0317. The number of amidine groups is 1. The van der Waals surface area contributed by atoms with Gasteiger partial charge in [0, 0.05) is 12.7 Å². The molecule has 0 bridgehead atoms. The van der Waals surface area contributed by atoms with Gasteiger partial charge in [0.05, 0.1) is 5.54 Å². The molecule has 1 aliphatic carbocycles. The number of nitrogens with one attached hydrogen (secondary N) is 1. The zero-order valence-electron chi connectivity index (χ0n) is 13.6. The Morgan fingerprint density at radius 3 is 2.64 bits per heavy atom. The Balaban J connectivity index is 2.52. The van der Waals surface area contributed by atoms with Gasteiger partial charge in [0.15, 0.2) is 0 Å². The van der Waals surface area contributed by atoms with E-state index in [4.69, 9.17) is 14.9 Å². The van der Waals surface area contributed by atoms with Crippen molar-refractivity contribution >= 4 is 11.8 Å². The van der Waals surface area contributed by atoms with E-state index in [9.17, 15) is 9.90 Å². The number of carbonyl (C=O) groups excluding carboxylic acids is 1. The smallest absolute Gasteiger partial charge is 0.342 e. The molecule has 0 radical (unpaired) electrons. The van der Waals surface area contributed by atoms with Crippen LogP contribution in [0.5, 0.6) is 0 Å². The van der Waals surface area contributed by atoms with Gasteiger partial charge in [-0.15, -0.1) is 0 Å². The summed E-state index contributed by atoms with van der Waals surface area (Å²) in [6, 6.07) is 0. The van der Waals surface area contributed by atoms with Crippen LogP contribution in [0.2, 0.25) is 0 Å². The van der Waals surface area contributed by atoms with Crippen LogP contribution in [0.1, 0.15) is 27.7 Å². The number of aliphatic hydroxyl groups is 1. The van der Waals surface area contributed by atoms with Crippen molar-refractivity contribution in [3.63, 3.8) is 0 Å². The molecule has 0 saturated heterocycles. The summed E-state index contributed by atoms with van der Waals surface area (Å²) < 4.78 is 10.6. The predicted molar refractivity (Wildman–Crippen MR) is 82.6 cm³/mol. The lowest BCUT2D eigenvalue weighted by Crippen LogP contribution is -2.46. The molecule has 2 aliphatic rings. The fourth-order valence-corrected chi connectivity index (χ4v) is 2.60. The first-order valence-corrected chi connectivity index (χ1v) is 7.03. The standard InChI is InChI=1S/C16H22N2O4/c1-15(2,3)22-14(20)12-11-8-10(19)6-7-16(11,4)18(9-21-5)13(12)17/h6-8,17,19H,9H2,1-5H3/t16-/m1/s1. The summed E-state index contributed by atoms with van der Waals surface area (Å²) in [6.07, 6.45) is 4.81. The van der Waals surface area contributed by atoms with Gasteiger partial charge >= 0.3 is 5.97 Å². The van der Waals surface area contributed by atoms with Gasteiger partial charge in [-0.1, -0.05) is 6.08 Å². The fraction of sp³-hybridized carbons (Fsp3) is 0.500. The number of esters is 1. The van der Waals surface area contributed by atoms with Crippen LogP contribution in [-0.2, 0) is 14.3 Å². The predicted octanol–water partition coefficient (Wildman–Crippen LogP) is 2.29. The second-order valence-corrected chi connectivity index (χ2v) is 6.54. The van der Waals surface area contributed by atoms with Gasteiger partial charge in [0.25, 0.3) is 0 Å². The largest absolute Gasteiger partial charge is 0.508 e. The number of methoxy groups -OCH3 is 1. The molecule has 6 heteroatoms. The van der Waals surface area contributed by atoms with Gasteiger partial charge in [0.1, 0.15) is 29.5 Å². The van der Waals surface area contributed by atoms with Gasteiger partial charge in [-0.05, 0) is 39.8 Å². The molecule has 0 fully saturated rings. The van der Waals surface area contributed by atoms with Crippen LogP contribution in [-0.4, -0.2) is 46.8 Å². The van der Waals surface area contributed by atoms with Gasteiger partial charge in [-0.25, -0.2) is 4.79 Å². The molecule has 1 aliphatic heterocycles. The highest BCUT2D eigenvalue weighted by Gasteiger charge is 2.48. The molecule has 0 aromatic heterocycles. The van der Waals surface area contributed by atoms with Gasteiger partial charge in [0.2, 0.25) is 0 Å². The van der Waals surface area contributed by atoms with Crippen molar-refractivity contribution < 1.29 is 19.4 Å². The quantitative estimate of drug-likeness (QED) is 0.782. The van der Waals surface area contributed by atoms with E-state index in [0.717, 1.165) is 0 Å². The van der Waals surface area contributed by atoms with E-state index >= 15 is 0 Å². The Morgan fingerprint density at radius 2 is 2.09 bits per heavy atom. The molecule has 2 N–H and O–H groups in total. The summed E-state index contributed by atoms with van der Waals surface area (Å²) in [5.41, 5.74) is -0.674. The van der Waals surface area contributed by atoms with Gasteiger partial charge < -0.3 is 19.5 Å². The van der Waals surface area contributed by atoms with Crippen molar-refractivity contribution in [1.82, 2.24) is 4.90 Å². The van der Waals surface area contributed by atoms with Gasteiger partial charge in [-0.3, -0.25) is 5.41 Å². The first kappa shape index (κ1) is 16.3. The van der Waals surface area contributed by atoms with Crippen molar-refractivity contribution in [1.29, 1.82) is 5.41 Å². The minimum atomic E-state index is -0.717. The Hall–Kier alpha value is -2.08. The molecule has 0 aromatic rings. The zero-order valence-corrected chi connectivity index (χ0v) is 13.6. The molecule has 0 aromatic carbocycles. The molecule has 0 amide bonds. The zero-order chi connectivity index (χ0) is 16.7. The monoisotopic (exact) mass is 306 g/mol. The normalized spacial score (nSPS) is 24.5. The third-order valence-electron chi connectivity index (χ3n) is 3.61. The summed E-state index contributed by atoms with van der Waals surface area (Å²) in [4.78, 5) is 14.2. The van der Waals surface area contributed by atoms with Crippen molar-refractivity contribution in [3.8, 4) is 0 Å². The molecule has 1 heterocycles. The lowest BCUT2D eigenvalue weighted by atomic mass is 9.87. The lowest BCUT2D eigenvalue weighted by Gasteiger charge is -2.36. The molecule has 0 unspecified atom stereocenters. The lowest BCUT2D eigenvalue weighted by molar-refractivity contribution is -0.149. The summed E-state index contributed by atoms with van der Waals surface area (Å²) in [5.74, 6) is -0.499. The van der Waals surface area contributed by atoms with E-state index in [2.05, 4.69) is 0 Å². The number of fused-ring (bicyclic) bond motifs is 1. The van der Waals surface area contributed by atoms with Crippen LogP contribution in [0.25, 0.3) is 0 Å².